The van der Waals surface area contributed by atoms with Crippen molar-refractivity contribution in [2.45, 2.75) is 81.6 Å². The quantitative estimate of drug-likeness (QED) is 0.0993. The van der Waals surface area contributed by atoms with Gasteiger partial charge in [-0.3, -0.25) is 0 Å². The number of benzene rings is 6. The van der Waals surface area contributed by atoms with Crippen LogP contribution in [0.15, 0.2) is 146 Å². The lowest BCUT2D eigenvalue weighted by molar-refractivity contribution is 0.445. The molecular formula is C49H58. The Hall–Kier alpha value is -4.68. The van der Waals surface area contributed by atoms with E-state index in [2.05, 4.69) is 149 Å². The molecule has 0 aromatic heterocycles. The number of allylic oxidation sites excluding steroid dienone is 7. The average molecular weight is 647 g/mol. The van der Waals surface area contributed by atoms with E-state index < -0.39 is 0 Å². The first-order valence-corrected chi connectivity index (χ1v) is 17.8. The molecule has 0 heteroatoms. The average Bonchev–Trinajstić information content (AvgIpc) is 3.16. The molecule has 0 heterocycles. The van der Waals surface area contributed by atoms with Gasteiger partial charge in [0.25, 0.3) is 0 Å². The smallest absolute Gasteiger partial charge is 0.0522 e. The van der Waals surface area contributed by atoms with Gasteiger partial charge in [-0.1, -0.05) is 175 Å². The molecule has 49 heavy (non-hydrogen) atoms. The second kappa shape index (κ2) is 17.6. The second-order valence-corrected chi connectivity index (χ2v) is 12.2. The van der Waals surface area contributed by atoms with Crippen LogP contribution >= 0.6 is 0 Å². The third-order valence-corrected chi connectivity index (χ3v) is 9.81. The second-order valence-electron chi connectivity index (χ2n) is 12.2. The van der Waals surface area contributed by atoms with Crippen LogP contribution in [0.4, 0.5) is 0 Å². The topological polar surface area (TPSA) is 0 Å². The minimum Gasteiger partial charge on any atom is -0.0988 e. The molecule has 1 aliphatic rings. The van der Waals surface area contributed by atoms with Crippen LogP contribution in [-0.4, -0.2) is 0 Å². The van der Waals surface area contributed by atoms with Crippen LogP contribution in [0.3, 0.4) is 0 Å². The molecule has 7 rings (SSSR count). The molecule has 0 bridgehead atoms. The van der Waals surface area contributed by atoms with Gasteiger partial charge >= 0.3 is 0 Å². The molecular weight excluding hydrogens is 589 g/mol. The highest BCUT2D eigenvalue weighted by Crippen LogP contribution is 2.52. The van der Waals surface area contributed by atoms with Gasteiger partial charge in [0.05, 0.1) is 5.41 Å². The fraction of sp³-hybridized carbons (Fsp3) is 0.265. The molecule has 0 amide bonds. The molecule has 0 spiro atoms. The third-order valence-electron chi connectivity index (χ3n) is 9.81. The standard InChI is InChI=1S/C38H32.C6H10.2C2H6.CH4/c1-25-18-19-28-20-23-33-27(3)35(24-29-21-22-32(25)36(28)37(29)33)38(30-13-6-4-7-14-30,31-15-8-5-9-16-31)34-17-11-10-12-26(34)2;1-4-6(3)5-2;2*1-2;/h4-15,17-24,31H,16H2,1-3H3;4-5H,1H2,2-3H3;2*1-2H3;1H4/b;6-5-;;;. The molecule has 0 saturated heterocycles. The predicted molar refractivity (Wildman–Crippen MR) is 223 cm³/mol. The van der Waals surface area contributed by atoms with E-state index in [0.29, 0.717) is 5.92 Å². The maximum Gasteiger partial charge on any atom is 0.0522 e. The zero-order chi connectivity index (χ0) is 34.8. The highest BCUT2D eigenvalue weighted by Gasteiger charge is 2.44. The molecule has 0 aliphatic heterocycles. The van der Waals surface area contributed by atoms with Gasteiger partial charge in [-0.05, 0) is 119 Å². The Bertz CT molecular complexity index is 2050. The van der Waals surface area contributed by atoms with E-state index in [9.17, 15) is 0 Å². The third kappa shape index (κ3) is 7.20. The van der Waals surface area contributed by atoms with E-state index >= 15 is 0 Å². The van der Waals surface area contributed by atoms with Gasteiger partial charge in [-0.15, -0.1) is 0 Å². The maximum absolute atomic E-state index is 3.56. The summed E-state index contributed by atoms with van der Waals surface area (Å²) < 4.78 is 0. The molecule has 6 aromatic rings. The van der Waals surface area contributed by atoms with Crippen LogP contribution in [-0.2, 0) is 5.41 Å². The minimum atomic E-state index is -0.321. The van der Waals surface area contributed by atoms with Crippen molar-refractivity contribution >= 4 is 32.3 Å². The summed E-state index contributed by atoms with van der Waals surface area (Å²) in [5, 5.41) is 8.18. The first-order chi connectivity index (χ1) is 23.4. The molecule has 0 fully saturated rings. The van der Waals surface area contributed by atoms with Gasteiger partial charge in [-0.2, -0.15) is 0 Å². The van der Waals surface area contributed by atoms with Crippen molar-refractivity contribution in [1.82, 2.24) is 0 Å². The van der Waals surface area contributed by atoms with Crippen LogP contribution < -0.4 is 0 Å². The number of hydrogen-bond acceptors (Lipinski definition) is 0. The number of rotatable bonds is 5. The first-order valence-electron chi connectivity index (χ1n) is 17.8. The Morgan fingerprint density at radius 1 is 0.694 bits per heavy atom. The van der Waals surface area contributed by atoms with E-state index in [0.717, 1.165) is 6.42 Å². The van der Waals surface area contributed by atoms with Crippen molar-refractivity contribution < 1.29 is 0 Å². The summed E-state index contributed by atoms with van der Waals surface area (Å²) in [5.74, 6) is 0.296. The molecule has 0 N–H and O–H groups in total. The Labute approximate surface area is 297 Å². The molecule has 0 saturated carbocycles. The summed E-state index contributed by atoms with van der Waals surface area (Å²) in [6.45, 7) is 22.4. The van der Waals surface area contributed by atoms with E-state index in [1.54, 1.807) is 0 Å². The molecule has 2 atom stereocenters. The van der Waals surface area contributed by atoms with E-state index in [1.807, 2.05) is 53.7 Å². The monoisotopic (exact) mass is 646 g/mol. The zero-order valence-corrected chi connectivity index (χ0v) is 30.7. The Morgan fingerprint density at radius 3 is 1.92 bits per heavy atom. The molecule has 2 unspecified atom stereocenters. The highest BCUT2D eigenvalue weighted by molar-refractivity contribution is 6.24. The summed E-state index contributed by atoms with van der Waals surface area (Å²) in [6, 6.07) is 36.7. The molecule has 0 radical (unpaired) electrons. The summed E-state index contributed by atoms with van der Waals surface area (Å²) in [7, 11) is 0. The van der Waals surface area contributed by atoms with Crippen molar-refractivity contribution in [3.8, 4) is 0 Å². The molecule has 1 aliphatic carbocycles. The number of hydrogen-bond donors (Lipinski definition) is 0. The summed E-state index contributed by atoms with van der Waals surface area (Å²) in [5.41, 5.74) is 9.11. The lowest BCUT2D eigenvalue weighted by Gasteiger charge is -2.44. The molecule has 0 nitrogen and oxygen atoms in total. The minimum absolute atomic E-state index is 0. The van der Waals surface area contributed by atoms with Gasteiger partial charge in [-0.25, -0.2) is 0 Å². The van der Waals surface area contributed by atoms with E-state index in [-0.39, 0.29) is 12.8 Å². The van der Waals surface area contributed by atoms with E-state index in [1.165, 1.54) is 71.3 Å². The molecule has 6 aromatic carbocycles. The largest absolute Gasteiger partial charge is 0.0988 e. The lowest BCUT2D eigenvalue weighted by atomic mass is 9.58. The van der Waals surface area contributed by atoms with Gasteiger partial charge in [0.1, 0.15) is 0 Å². The Kier molecular flexibility index (Phi) is 14.0. The van der Waals surface area contributed by atoms with Gasteiger partial charge < -0.3 is 0 Å². The van der Waals surface area contributed by atoms with Crippen LogP contribution in [0, 0.1) is 26.7 Å². The summed E-state index contributed by atoms with van der Waals surface area (Å²) in [4.78, 5) is 0. The maximum atomic E-state index is 3.56. The van der Waals surface area contributed by atoms with Crippen LogP contribution in [0.2, 0.25) is 0 Å². The lowest BCUT2D eigenvalue weighted by Crippen LogP contribution is -2.39. The highest BCUT2D eigenvalue weighted by atomic mass is 14.5. The zero-order valence-electron chi connectivity index (χ0n) is 30.7. The van der Waals surface area contributed by atoms with Crippen molar-refractivity contribution in [3.63, 3.8) is 0 Å². The first kappa shape index (κ1) is 38.8. The van der Waals surface area contributed by atoms with Crippen LogP contribution in [0.5, 0.6) is 0 Å². The van der Waals surface area contributed by atoms with Gasteiger partial charge in [0.2, 0.25) is 0 Å². The summed E-state index contributed by atoms with van der Waals surface area (Å²) >= 11 is 0. The van der Waals surface area contributed by atoms with Crippen molar-refractivity contribution in [3.05, 3.63) is 179 Å². The van der Waals surface area contributed by atoms with Crippen molar-refractivity contribution in [1.29, 1.82) is 0 Å². The fourth-order valence-corrected chi connectivity index (χ4v) is 7.38. The normalized spacial score (nSPS) is 14.8. The Morgan fingerprint density at radius 2 is 1.31 bits per heavy atom. The SMILES string of the molecule is C.C=C/C(C)=C\C.CC.CC.Cc1ccccc1C(c1ccccc1)(c1cc2ccc3c(C)ccc4ccc(c1C)c2c43)C1C=CC=CC1. The fourth-order valence-electron chi connectivity index (χ4n) is 7.38. The van der Waals surface area contributed by atoms with E-state index in [4.69, 9.17) is 0 Å². The van der Waals surface area contributed by atoms with Crippen LogP contribution in [0.25, 0.3) is 32.3 Å². The summed E-state index contributed by atoms with van der Waals surface area (Å²) in [6.07, 6.45) is 14.1. The number of aryl methyl sites for hydroxylation is 3. The van der Waals surface area contributed by atoms with Gasteiger partial charge in [0.15, 0.2) is 0 Å². The van der Waals surface area contributed by atoms with Crippen molar-refractivity contribution in [2.75, 3.05) is 0 Å². The van der Waals surface area contributed by atoms with Crippen LogP contribution in [0.1, 0.15) is 88.8 Å². The van der Waals surface area contributed by atoms with Gasteiger partial charge in [0, 0.05) is 0 Å². The predicted octanol–water partition coefficient (Wildman–Crippen LogP) is 14.8. The van der Waals surface area contributed by atoms with Crippen molar-refractivity contribution in [2.24, 2.45) is 5.92 Å². The Balaban J connectivity index is 0.000000530. The molecule has 254 valence electrons.